The first-order valence-electron chi connectivity index (χ1n) is 8.84. The van der Waals surface area contributed by atoms with E-state index >= 15 is 0 Å². The number of amides is 1. The Balaban J connectivity index is 0.00000261. The number of fused-ring (bicyclic) bond motifs is 1. The Hall–Kier alpha value is -1.73. The number of carbonyl (C=O) groups is 1. The van der Waals surface area contributed by atoms with Crippen LogP contribution in [0, 0.1) is 5.82 Å². The molecule has 1 saturated heterocycles. The molecule has 0 aromatic heterocycles. The van der Waals surface area contributed by atoms with Crippen LogP contribution < -0.4 is 10.6 Å². The van der Waals surface area contributed by atoms with E-state index < -0.39 is 5.66 Å². The van der Waals surface area contributed by atoms with Crippen LogP contribution in [0.4, 0.5) is 14.9 Å². The molecule has 27 heavy (non-hydrogen) atoms. The van der Waals surface area contributed by atoms with Crippen LogP contribution in [-0.4, -0.2) is 55.1 Å². The Labute approximate surface area is 169 Å². The van der Waals surface area contributed by atoms with Gasteiger partial charge in [0, 0.05) is 38.9 Å². The summed E-state index contributed by atoms with van der Waals surface area (Å²) in [5.41, 5.74) is 6.60. The predicted molar refractivity (Wildman–Crippen MR) is 108 cm³/mol. The minimum absolute atomic E-state index is 0. The Kier molecular flexibility index (Phi) is 7.17. The zero-order chi connectivity index (χ0) is 18.7. The molecule has 0 aliphatic carbocycles. The molecular formula is C18H25Cl2FN4O2. The van der Waals surface area contributed by atoms with Crippen molar-refractivity contribution in [1.82, 2.24) is 4.90 Å². The Morgan fingerprint density at radius 1 is 1.37 bits per heavy atom. The predicted octanol–water partition coefficient (Wildman–Crippen LogP) is 3.35. The average molecular weight is 419 g/mol. The van der Waals surface area contributed by atoms with Gasteiger partial charge in [-0.3, -0.25) is 0 Å². The lowest BCUT2D eigenvalue weighted by molar-refractivity contribution is 0.0826. The van der Waals surface area contributed by atoms with Crippen LogP contribution in [0.15, 0.2) is 23.2 Å². The number of unbranched alkanes of at least 4 members (excludes halogenated alkanes) is 1. The van der Waals surface area contributed by atoms with Crippen LogP contribution in [0.5, 0.6) is 0 Å². The summed E-state index contributed by atoms with van der Waals surface area (Å²) >= 11 is 5.62. The van der Waals surface area contributed by atoms with Gasteiger partial charge in [-0.15, -0.1) is 24.0 Å². The zero-order valence-electron chi connectivity index (χ0n) is 15.3. The number of nitrogens with two attached hydrogens (primary N) is 1. The van der Waals surface area contributed by atoms with Crippen LogP contribution in [0.3, 0.4) is 0 Å². The van der Waals surface area contributed by atoms with Gasteiger partial charge >= 0.3 is 6.09 Å². The summed E-state index contributed by atoms with van der Waals surface area (Å²) in [6.07, 6.45) is 2.50. The minimum atomic E-state index is -0.555. The van der Waals surface area contributed by atoms with Crippen molar-refractivity contribution in [3.63, 3.8) is 0 Å². The second-order valence-corrected chi connectivity index (χ2v) is 7.05. The quantitative estimate of drug-likeness (QED) is 0.600. The van der Waals surface area contributed by atoms with Gasteiger partial charge in [-0.05, 0) is 25.0 Å². The first-order valence-corrected chi connectivity index (χ1v) is 9.38. The highest BCUT2D eigenvalue weighted by Crippen LogP contribution is 2.39. The number of halogens is 3. The Morgan fingerprint density at radius 2 is 2.07 bits per heavy atom. The molecule has 1 aromatic rings. The first-order chi connectivity index (χ1) is 12.5. The molecule has 1 fully saturated rings. The molecule has 1 aromatic carbocycles. The van der Waals surface area contributed by atoms with Gasteiger partial charge in [0.05, 0.1) is 17.9 Å². The highest BCUT2D eigenvalue weighted by Gasteiger charge is 2.43. The maximum absolute atomic E-state index is 14.1. The Bertz CT molecular complexity index is 709. The topological polar surface area (TPSA) is 71.2 Å². The molecule has 3 rings (SSSR count). The van der Waals surface area contributed by atoms with Crippen LogP contribution in [0.1, 0.15) is 31.2 Å². The molecular weight excluding hydrogens is 394 g/mol. The van der Waals surface area contributed by atoms with E-state index in [0.717, 1.165) is 18.5 Å². The third kappa shape index (κ3) is 4.24. The van der Waals surface area contributed by atoms with E-state index in [1.54, 1.807) is 11.0 Å². The van der Waals surface area contributed by atoms with Crippen molar-refractivity contribution in [3.8, 4) is 0 Å². The molecule has 2 heterocycles. The summed E-state index contributed by atoms with van der Waals surface area (Å²) < 4.78 is 19.4. The van der Waals surface area contributed by atoms with Gasteiger partial charge in [0.1, 0.15) is 17.3 Å². The minimum Gasteiger partial charge on any atom is -0.449 e. The lowest BCUT2D eigenvalue weighted by Crippen LogP contribution is -2.57. The van der Waals surface area contributed by atoms with Gasteiger partial charge in [0.2, 0.25) is 0 Å². The highest BCUT2D eigenvalue weighted by molar-refractivity contribution is 6.17. The fourth-order valence-corrected chi connectivity index (χ4v) is 3.76. The van der Waals surface area contributed by atoms with Crippen LogP contribution >= 0.6 is 24.0 Å². The van der Waals surface area contributed by atoms with E-state index in [1.807, 2.05) is 18.0 Å². The van der Waals surface area contributed by atoms with Crippen LogP contribution in [0.25, 0.3) is 0 Å². The molecule has 6 nitrogen and oxygen atoms in total. The third-order valence-corrected chi connectivity index (χ3v) is 5.41. The largest absolute Gasteiger partial charge is 0.449 e. The molecule has 0 radical (unpaired) electrons. The maximum Gasteiger partial charge on any atom is 0.409 e. The number of piperidine rings is 1. The third-order valence-electron chi connectivity index (χ3n) is 5.14. The standard InChI is InChI=1S/C18H24ClFN4O2.ClH/c1-23-14-6-4-5-13(20)15(14)16(21)22-18(23)7-10-24(11-8-18)17(25)26-12-3-2-9-19;/h4-6H,2-3,7-12H2,1H3,(H2,21,22);1H. The lowest BCUT2D eigenvalue weighted by atomic mass is 9.92. The van der Waals surface area contributed by atoms with Gasteiger partial charge < -0.3 is 20.3 Å². The number of ether oxygens (including phenoxy) is 1. The second kappa shape index (κ2) is 8.97. The monoisotopic (exact) mass is 418 g/mol. The lowest BCUT2D eigenvalue weighted by Gasteiger charge is -2.48. The molecule has 9 heteroatoms. The summed E-state index contributed by atoms with van der Waals surface area (Å²) in [7, 11) is 1.90. The summed E-state index contributed by atoms with van der Waals surface area (Å²) in [5.74, 6) is 0.411. The molecule has 2 aliphatic rings. The molecule has 0 saturated carbocycles. The van der Waals surface area contributed by atoms with E-state index in [-0.39, 0.29) is 30.2 Å². The summed E-state index contributed by atoms with van der Waals surface area (Å²) in [4.78, 5) is 20.5. The van der Waals surface area contributed by atoms with Crippen molar-refractivity contribution >= 4 is 41.6 Å². The van der Waals surface area contributed by atoms with E-state index in [0.29, 0.717) is 44.0 Å². The smallest absolute Gasteiger partial charge is 0.409 e. The van der Waals surface area contributed by atoms with Gasteiger partial charge in [-0.2, -0.15) is 0 Å². The molecule has 0 unspecified atom stereocenters. The van der Waals surface area contributed by atoms with Crippen LogP contribution in [-0.2, 0) is 4.74 Å². The number of nitrogens with zero attached hydrogens (tertiary/aromatic N) is 3. The van der Waals surface area contributed by atoms with Crippen molar-refractivity contribution in [1.29, 1.82) is 0 Å². The summed E-state index contributed by atoms with van der Waals surface area (Å²) in [6, 6.07) is 4.90. The highest BCUT2D eigenvalue weighted by atomic mass is 35.5. The van der Waals surface area contributed by atoms with Gasteiger partial charge in [-0.25, -0.2) is 14.2 Å². The van der Waals surface area contributed by atoms with E-state index in [2.05, 4.69) is 4.99 Å². The van der Waals surface area contributed by atoms with E-state index in [4.69, 9.17) is 22.1 Å². The fourth-order valence-electron chi connectivity index (χ4n) is 3.57. The number of rotatable bonds is 4. The van der Waals surface area contributed by atoms with Crippen molar-refractivity contribution in [3.05, 3.63) is 29.6 Å². The van der Waals surface area contributed by atoms with Gasteiger partial charge in [0.15, 0.2) is 0 Å². The molecule has 1 amide bonds. The molecule has 1 spiro atoms. The number of alkyl halides is 1. The van der Waals surface area contributed by atoms with E-state index in [9.17, 15) is 9.18 Å². The average Bonchev–Trinajstić information content (AvgIpc) is 2.63. The number of hydrogen-bond acceptors (Lipinski definition) is 5. The number of likely N-dealkylation sites (tertiary alicyclic amines) is 1. The van der Waals surface area contributed by atoms with Crippen molar-refractivity contribution in [2.24, 2.45) is 10.7 Å². The molecule has 150 valence electrons. The molecule has 0 atom stereocenters. The number of anilines is 1. The molecule has 0 bridgehead atoms. The van der Waals surface area contributed by atoms with Crippen molar-refractivity contribution in [2.75, 3.05) is 37.5 Å². The van der Waals surface area contributed by atoms with Gasteiger partial charge in [-0.1, -0.05) is 6.07 Å². The number of aliphatic imine (C=N–C) groups is 1. The van der Waals surface area contributed by atoms with Crippen molar-refractivity contribution in [2.45, 2.75) is 31.3 Å². The summed E-state index contributed by atoms with van der Waals surface area (Å²) in [6.45, 7) is 1.41. The SMILES string of the molecule is CN1c2cccc(F)c2C(N)=NC12CCN(C(=O)OCCCCCl)CC2.Cl. The normalized spacial score (nSPS) is 17.8. The second-order valence-electron chi connectivity index (χ2n) is 6.67. The number of amidine groups is 1. The molecule has 2 N–H and O–H groups in total. The van der Waals surface area contributed by atoms with Gasteiger partial charge in [0.25, 0.3) is 0 Å². The fraction of sp³-hybridized carbons (Fsp3) is 0.556. The summed E-state index contributed by atoms with van der Waals surface area (Å²) in [5, 5.41) is 0. The zero-order valence-corrected chi connectivity index (χ0v) is 16.9. The van der Waals surface area contributed by atoms with Crippen LogP contribution in [0.2, 0.25) is 0 Å². The number of carbonyl (C=O) groups excluding carboxylic acids is 1. The number of hydrogen-bond donors (Lipinski definition) is 1. The molecule has 2 aliphatic heterocycles. The Morgan fingerprint density at radius 3 is 2.74 bits per heavy atom. The van der Waals surface area contributed by atoms with E-state index in [1.165, 1.54) is 6.07 Å². The number of benzene rings is 1. The first kappa shape index (κ1) is 21.6. The van der Waals surface area contributed by atoms with Crippen molar-refractivity contribution < 1.29 is 13.9 Å². The maximum atomic E-state index is 14.1.